The molecule has 160 valence electrons. The Labute approximate surface area is 183 Å². The number of nitrogens with zero attached hydrogens (tertiary/aromatic N) is 2. The van der Waals surface area contributed by atoms with Crippen LogP contribution in [-0.4, -0.2) is 44.2 Å². The Morgan fingerprint density at radius 2 is 1.61 bits per heavy atom. The summed E-state index contributed by atoms with van der Waals surface area (Å²) in [5, 5.41) is 2.98. The van der Waals surface area contributed by atoms with Gasteiger partial charge >= 0.3 is 6.03 Å². The summed E-state index contributed by atoms with van der Waals surface area (Å²) >= 11 is 0. The monoisotopic (exact) mass is 417 g/mol. The molecule has 6 heteroatoms. The fraction of sp³-hybridized carbons (Fsp3) is 0.240. The van der Waals surface area contributed by atoms with Gasteiger partial charge in [0.1, 0.15) is 18.1 Å². The molecule has 6 nitrogen and oxygen atoms in total. The lowest BCUT2D eigenvalue weighted by Gasteiger charge is -2.36. The quantitative estimate of drug-likeness (QED) is 0.635. The standard InChI is InChI=1S/C25H27N3O3/c1-30-24-9-5-8-22(18-24)27-14-16-28(17-15-27)25(29)26-21-10-12-23(13-11-21)31-19-20-6-3-2-4-7-20/h2-13,18H,14-17,19H2,1H3,(H,26,29). The fourth-order valence-electron chi connectivity index (χ4n) is 3.55. The number of carbonyl (C=O) groups is 1. The number of ether oxygens (including phenoxy) is 2. The largest absolute Gasteiger partial charge is 0.497 e. The Morgan fingerprint density at radius 3 is 2.32 bits per heavy atom. The van der Waals surface area contributed by atoms with Crippen molar-refractivity contribution in [1.82, 2.24) is 4.90 Å². The molecule has 0 saturated carbocycles. The summed E-state index contributed by atoms with van der Waals surface area (Å²) in [7, 11) is 1.67. The molecule has 0 aromatic heterocycles. The second-order valence-electron chi connectivity index (χ2n) is 7.40. The van der Waals surface area contributed by atoms with Gasteiger partial charge in [0.15, 0.2) is 0 Å². The van der Waals surface area contributed by atoms with E-state index in [0.29, 0.717) is 19.7 Å². The molecule has 1 heterocycles. The molecule has 0 bridgehead atoms. The van der Waals surface area contributed by atoms with Crippen molar-refractivity contribution in [2.75, 3.05) is 43.5 Å². The highest BCUT2D eigenvalue weighted by Gasteiger charge is 2.21. The molecule has 2 amide bonds. The van der Waals surface area contributed by atoms with Crippen LogP contribution >= 0.6 is 0 Å². The molecular formula is C25H27N3O3. The molecule has 3 aromatic carbocycles. The average molecular weight is 418 g/mol. The molecule has 4 rings (SSSR count). The van der Waals surface area contributed by atoms with Gasteiger partial charge in [-0.25, -0.2) is 4.79 Å². The minimum Gasteiger partial charge on any atom is -0.497 e. The summed E-state index contributed by atoms with van der Waals surface area (Å²) in [5.41, 5.74) is 2.99. The van der Waals surface area contributed by atoms with Crippen molar-refractivity contribution in [3.8, 4) is 11.5 Å². The Morgan fingerprint density at radius 1 is 0.871 bits per heavy atom. The van der Waals surface area contributed by atoms with Gasteiger partial charge in [-0.1, -0.05) is 36.4 Å². The maximum absolute atomic E-state index is 12.7. The first-order valence-corrected chi connectivity index (χ1v) is 10.4. The van der Waals surface area contributed by atoms with Crippen LogP contribution in [0, 0.1) is 0 Å². The average Bonchev–Trinajstić information content (AvgIpc) is 2.84. The number of urea groups is 1. The number of piperazine rings is 1. The third-order valence-corrected chi connectivity index (χ3v) is 5.34. The van der Waals surface area contributed by atoms with Crippen LogP contribution in [0.4, 0.5) is 16.2 Å². The highest BCUT2D eigenvalue weighted by atomic mass is 16.5. The molecule has 31 heavy (non-hydrogen) atoms. The molecule has 1 N–H and O–H groups in total. The van der Waals surface area contributed by atoms with E-state index in [1.807, 2.05) is 77.7 Å². The molecule has 0 atom stereocenters. The van der Waals surface area contributed by atoms with E-state index in [4.69, 9.17) is 9.47 Å². The van der Waals surface area contributed by atoms with Gasteiger partial charge in [0.05, 0.1) is 7.11 Å². The maximum atomic E-state index is 12.7. The summed E-state index contributed by atoms with van der Waals surface area (Å²) in [6, 6.07) is 25.5. The van der Waals surface area contributed by atoms with Crippen molar-refractivity contribution < 1.29 is 14.3 Å². The molecule has 0 spiro atoms. The Kier molecular flexibility index (Phi) is 6.57. The van der Waals surface area contributed by atoms with Crippen LogP contribution in [-0.2, 0) is 6.61 Å². The first-order valence-electron chi connectivity index (χ1n) is 10.4. The number of nitrogens with one attached hydrogen (secondary N) is 1. The molecule has 0 unspecified atom stereocenters. The van der Waals surface area contributed by atoms with Gasteiger partial charge in [0.25, 0.3) is 0 Å². The Bertz CT molecular complexity index is 984. The molecule has 1 aliphatic heterocycles. The van der Waals surface area contributed by atoms with Gasteiger partial charge < -0.3 is 24.6 Å². The van der Waals surface area contributed by atoms with Crippen LogP contribution in [0.25, 0.3) is 0 Å². The molecule has 0 aliphatic carbocycles. The summed E-state index contributed by atoms with van der Waals surface area (Å²) in [5.74, 6) is 1.61. The van der Waals surface area contributed by atoms with Crippen LogP contribution in [0.3, 0.4) is 0 Å². The Hall–Kier alpha value is -3.67. The van der Waals surface area contributed by atoms with E-state index in [-0.39, 0.29) is 6.03 Å². The second-order valence-corrected chi connectivity index (χ2v) is 7.40. The number of amides is 2. The van der Waals surface area contributed by atoms with Crippen LogP contribution in [0.1, 0.15) is 5.56 Å². The third kappa shape index (κ3) is 5.48. The number of methoxy groups -OCH3 is 1. The highest BCUT2D eigenvalue weighted by Crippen LogP contribution is 2.22. The SMILES string of the molecule is COc1cccc(N2CCN(C(=O)Nc3ccc(OCc4ccccc4)cc3)CC2)c1. The number of carbonyl (C=O) groups excluding carboxylic acids is 1. The van der Waals surface area contributed by atoms with Crippen molar-refractivity contribution in [1.29, 1.82) is 0 Å². The first-order chi connectivity index (χ1) is 15.2. The summed E-state index contributed by atoms with van der Waals surface area (Å²) < 4.78 is 11.1. The van der Waals surface area contributed by atoms with Gasteiger partial charge in [-0.15, -0.1) is 0 Å². The molecule has 1 aliphatic rings. The van der Waals surface area contributed by atoms with Crippen molar-refractivity contribution in [2.24, 2.45) is 0 Å². The second kappa shape index (κ2) is 9.89. The number of benzene rings is 3. The van der Waals surface area contributed by atoms with Crippen molar-refractivity contribution in [3.63, 3.8) is 0 Å². The van der Waals surface area contributed by atoms with Crippen molar-refractivity contribution in [2.45, 2.75) is 6.61 Å². The van der Waals surface area contributed by atoms with Crippen LogP contribution in [0.5, 0.6) is 11.5 Å². The van der Waals surface area contributed by atoms with Gasteiger partial charge in [-0.3, -0.25) is 0 Å². The van der Waals surface area contributed by atoms with E-state index in [2.05, 4.69) is 16.3 Å². The normalized spacial score (nSPS) is 13.6. The predicted molar refractivity (Wildman–Crippen MR) is 123 cm³/mol. The summed E-state index contributed by atoms with van der Waals surface area (Å²) in [6.45, 7) is 3.42. The highest BCUT2D eigenvalue weighted by molar-refractivity contribution is 5.89. The third-order valence-electron chi connectivity index (χ3n) is 5.34. The number of rotatable bonds is 6. The van der Waals surface area contributed by atoms with Crippen molar-refractivity contribution >= 4 is 17.4 Å². The topological polar surface area (TPSA) is 54.0 Å². The Balaban J connectivity index is 1.26. The van der Waals surface area contributed by atoms with Gasteiger partial charge in [0, 0.05) is 43.6 Å². The van der Waals surface area contributed by atoms with Gasteiger partial charge in [0.2, 0.25) is 0 Å². The lowest BCUT2D eigenvalue weighted by Crippen LogP contribution is -2.50. The predicted octanol–water partition coefficient (Wildman–Crippen LogP) is 4.63. The van der Waals surface area contributed by atoms with E-state index in [0.717, 1.165) is 41.5 Å². The van der Waals surface area contributed by atoms with Gasteiger partial charge in [-0.05, 0) is 42.0 Å². The zero-order valence-electron chi connectivity index (χ0n) is 17.7. The lowest BCUT2D eigenvalue weighted by atomic mass is 10.2. The minimum absolute atomic E-state index is 0.0803. The zero-order valence-corrected chi connectivity index (χ0v) is 17.7. The van der Waals surface area contributed by atoms with E-state index < -0.39 is 0 Å². The smallest absolute Gasteiger partial charge is 0.321 e. The number of anilines is 2. The van der Waals surface area contributed by atoms with E-state index in [1.54, 1.807) is 7.11 Å². The zero-order chi connectivity index (χ0) is 21.5. The first kappa shape index (κ1) is 20.6. The molecular weight excluding hydrogens is 390 g/mol. The number of hydrogen-bond acceptors (Lipinski definition) is 4. The van der Waals surface area contributed by atoms with Crippen LogP contribution in [0.15, 0.2) is 78.9 Å². The van der Waals surface area contributed by atoms with E-state index in [1.165, 1.54) is 0 Å². The minimum atomic E-state index is -0.0803. The number of hydrogen-bond donors (Lipinski definition) is 1. The molecule has 0 radical (unpaired) electrons. The van der Waals surface area contributed by atoms with Crippen LogP contribution in [0.2, 0.25) is 0 Å². The summed E-state index contributed by atoms with van der Waals surface area (Å²) in [6.07, 6.45) is 0. The van der Waals surface area contributed by atoms with E-state index in [9.17, 15) is 4.79 Å². The van der Waals surface area contributed by atoms with Gasteiger partial charge in [-0.2, -0.15) is 0 Å². The van der Waals surface area contributed by atoms with Crippen molar-refractivity contribution in [3.05, 3.63) is 84.4 Å². The fourth-order valence-corrected chi connectivity index (χ4v) is 3.55. The molecule has 3 aromatic rings. The lowest BCUT2D eigenvalue weighted by molar-refractivity contribution is 0.208. The van der Waals surface area contributed by atoms with E-state index >= 15 is 0 Å². The summed E-state index contributed by atoms with van der Waals surface area (Å²) in [4.78, 5) is 16.8. The van der Waals surface area contributed by atoms with Crippen LogP contribution < -0.4 is 19.7 Å². The maximum Gasteiger partial charge on any atom is 0.321 e. The molecule has 1 saturated heterocycles. The molecule has 1 fully saturated rings.